The van der Waals surface area contributed by atoms with Gasteiger partial charge in [-0.05, 0) is 44.2 Å². The van der Waals surface area contributed by atoms with E-state index in [-0.39, 0.29) is 0 Å². The van der Waals surface area contributed by atoms with Crippen LogP contribution in [0.3, 0.4) is 0 Å². The first-order chi connectivity index (χ1) is 10.3. The molecule has 116 valence electrons. The molecule has 21 heavy (non-hydrogen) atoms. The van der Waals surface area contributed by atoms with Gasteiger partial charge >= 0.3 is 0 Å². The second kappa shape index (κ2) is 6.77. The van der Waals surface area contributed by atoms with E-state index in [9.17, 15) is 0 Å². The van der Waals surface area contributed by atoms with E-state index in [4.69, 9.17) is 16.6 Å². The molecule has 0 unspecified atom stereocenters. The summed E-state index contributed by atoms with van der Waals surface area (Å²) in [6, 6.07) is 0.550. The third-order valence-electron chi connectivity index (χ3n) is 4.59. The van der Waals surface area contributed by atoms with Gasteiger partial charge in [-0.15, -0.1) is 0 Å². The van der Waals surface area contributed by atoms with Gasteiger partial charge in [0.05, 0.1) is 0 Å². The van der Waals surface area contributed by atoms with E-state index >= 15 is 0 Å². The molecule has 0 atom stereocenters. The smallest absolute Gasteiger partial charge is 0.231 e. The first kappa shape index (κ1) is 14.8. The van der Waals surface area contributed by atoms with E-state index in [1.807, 2.05) is 0 Å². The maximum atomic E-state index is 6.15. The van der Waals surface area contributed by atoms with Gasteiger partial charge in [-0.2, -0.15) is 15.0 Å². The molecule has 0 radical (unpaired) electrons. The monoisotopic (exact) mass is 309 g/mol. The molecule has 1 saturated heterocycles. The molecule has 1 aromatic rings. The van der Waals surface area contributed by atoms with Crippen LogP contribution in [-0.4, -0.2) is 40.6 Å². The van der Waals surface area contributed by atoms with Gasteiger partial charge in [-0.1, -0.05) is 19.3 Å². The third kappa shape index (κ3) is 3.39. The van der Waals surface area contributed by atoms with E-state index in [1.54, 1.807) is 0 Å². The Morgan fingerprint density at radius 2 is 1.76 bits per heavy atom. The lowest BCUT2D eigenvalue weighted by Gasteiger charge is -2.33. The van der Waals surface area contributed by atoms with Gasteiger partial charge in [0.2, 0.25) is 17.2 Å². The van der Waals surface area contributed by atoms with E-state index in [0.29, 0.717) is 11.3 Å². The number of aromatic nitrogens is 3. The molecule has 0 amide bonds. The van der Waals surface area contributed by atoms with Crippen molar-refractivity contribution in [2.75, 3.05) is 29.4 Å². The Bertz CT molecular complexity index is 469. The summed E-state index contributed by atoms with van der Waals surface area (Å²) < 4.78 is 0. The number of rotatable bonds is 4. The lowest BCUT2D eigenvalue weighted by Crippen LogP contribution is -2.38. The first-order valence-corrected chi connectivity index (χ1v) is 8.59. The maximum absolute atomic E-state index is 6.15. The Kier molecular flexibility index (Phi) is 4.78. The zero-order chi connectivity index (χ0) is 14.7. The second-order valence-corrected chi connectivity index (χ2v) is 6.31. The molecule has 0 N–H and O–H groups in total. The summed E-state index contributed by atoms with van der Waals surface area (Å²) in [6.07, 6.45) is 8.84. The molecule has 3 rings (SSSR count). The van der Waals surface area contributed by atoms with Crippen LogP contribution in [0, 0.1) is 0 Å². The molecule has 1 aliphatic carbocycles. The summed E-state index contributed by atoms with van der Waals surface area (Å²) in [5, 5.41) is 0.316. The number of hydrogen-bond acceptors (Lipinski definition) is 5. The van der Waals surface area contributed by atoms with Crippen molar-refractivity contribution in [3.63, 3.8) is 0 Å². The van der Waals surface area contributed by atoms with Crippen molar-refractivity contribution in [2.24, 2.45) is 0 Å². The SMILES string of the molecule is CCN(c1nc(Cl)nc(N2CCCC2)n1)C1CCCCC1. The minimum Gasteiger partial charge on any atom is -0.341 e. The van der Waals surface area contributed by atoms with E-state index in [0.717, 1.165) is 31.5 Å². The van der Waals surface area contributed by atoms with Crippen LogP contribution in [-0.2, 0) is 0 Å². The topological polar surface area (TPSA) is 45.2 Å². The highest BCUT2D eigenvalue weighted by Gasteiger charge is 2.24. The summed E-state index contributed by atoms with van der Waals surface area (Å²) in [5.41, 5.74) is 0. The van der Waals surface area contributed by atoms with Crippen molar-refractivity contribution in [2.45, 2.75) is 57.9 Å². The molecule has 1 saturated carbocycles. The predicted molar refractivity (Wildman–Crippen MR) is 86.2 cm³/mol. The quantitative estimate of drug-likeness (QED) is 0.854. The molecule has 0 aromatic carbocycles. The summed E-state index contributed by atoms with van der Waals surface area (Å²) in [4.78, 5) is 17.9. The molecular formula is C15H24ClN5. The molecule has 2 heterocycles. The Balaban J connectivity index is 1.84. The van der Waals surface area contributed by atoms with Crippen LogP contribution >= 0.6 is 11.6 Å². The largest absolute Gasteiger partial charge is 0.341 e. The Morgan fingerprint density at radius 3 is 2.43 bits per heavy atom. The van der Waals surface area contributed by atoms with E-state index in [1.165, 1.54) is 44.9 Å². The standard InChI is InChI=1S/C15H24ClN5/c1-2-21(12-8-4-3-5-9-12)15-18-13(16)17-14(19-15)20-10-6-7-11-20/h12H,2-11H2,1H3. The zero-order valence-electron chi connectivity index (χ0n) is 12.8. The maximum Gasteiger partial charge on any atom is 0.231 e. The summed E-state index contributed by atoms with van der Waals surface area (Å²) >= 11 is 6.15. The highest BCUT2D eigenvalue weighted by Crippen LogP contribution is 2.27. The Labute approximate surface area is 131 Å². The highest BCUT2D eigenvalue weighted by atomic mass is 35.5. The normalized spacial score (nSPS) is 20.0. The first-order valence-electron chi connectivity index (χ1n) is 8.21. The number of halogens is 1. The Hall–Kier alpha value is -1.10. The molecule has 0 spiro atoms. The van der Waals surface area contributed by atoms with Gasteiger partial charge in [-0.25, -0.2) is 0 Å². The molecule has 6 heteroatoms. The van der Waals surface area contributed by atoms with Crippen LogP contribution in [0.15, 0.2) is 0 Å². The van der Waals surface area contributed by atoms with Gasteiger partial charge in [-0.3, -0.25) is 0 Å². The predicted octanol–water partition coefficient (Wildman–Crippen LogP) is 3.28. The van der Waals surface area contributed by atoms with Crippen LogP contribution in [0.2, 0.25) is 5.28 Å². The fourth-order valence-corrected chi connectivity index (χ4v) is 3.62. The lowest BCUT2D eigenvalue weighted by molar-refractivity contribution is 0.414. The minimum absolute atomic E-state index is 0.316. The van der Waals surface area contributed by atoms with Crippen molar-refractivity contribution in [3.05, 3.63) is 5.28 Å². The molecule has 2 aliphatic rings. The fourth-order valence-electron chi connectivity index (χ4n) is 3.47. The van der Waals surface area contributed by atoms with Gasteiger partial charge in [0.1, 0.15) is 0 Å². The van der Waals surface area contributed by atoms with Gasteiger partial charge in [0, 0.05) is 25.7 Å². The number of hydrogen-bond donors (Lipinski definition) is 0. The number of anilines is 2. The summed E-state index contributed by atoms with van der Waals surface area (Å²) in [5.74, 6) is 1.50. The van der Waals surface area contributed by atoms with Crippen molar-refractivity contribution < 1.29 is 0 Å². The Morgan fingerprint density at radius 1 is 1.05 bits per heavy atom. The summed E-state index contributed by atoms with van der Waals surface area (Å²) in [6.45, 7) is 5.14. The van der Waals surface area contributed by atoms with Crippen molar-refractivity contribution >= 4 is 23.5 Å². The highest BCUT2D eigenvalue weighted by molar-refractivity contribution is 6.28. The van der Waals surface area contributed by atoms with Crippen LogP contribution in [0.4, 0.5) is 11.9 Å². The molecule has 2 fully saturated rings. The number of nitrogens with zero attached hydrogens (tertiary/aromatic N) is 5. The van der Waals surface area contributed by atoms with Gasteiger partial charge in [0.25, 0.3) is 0 Å². The van der Waals surface area contributed by atoms with Crippen molar-refractivity contribution in [1.29, 1.82) is 0 Å². The van der Waals surface area contributed by atoms with Crippen LogP contribution in [0.1, 0.15) is 51.9 Å². The van der Waals surface area contributed by atoms with Crippen LogP contribution < -0.4 is 9.80 Å². The molecular weight excluding hydrogens is 286 g/mol. The average molecular weight is 310 g/mol. The van der Waals surface area contributed by atoms with Gasteiger partial charge in [0.15, 0.2) is 0 Å². The van der Waals surface area contributed by atoms with E-state index in [2.05, 4.69) is 26.7 Å². The average Bonchev–Trinajstić information content (AvgIpc) is 3.03. The van der Waals surface area contributed by atoms with Crippen LogP contribution in [0.5, 0.6) is 0 Å². The van der Waals surface area contributed by atoms with Crippen molar-refractivity contribution in [1.82, 2.24) is 15.0 Å². The third-order valence-corrected chi connectivity index (χ3v) is 4.76. The summed E-state index contributed by atoms with van der Waals surface area (Å²) in [7, 11) is 0. The molecule has 0 bridgehead atoms. The molecule has 5 nitrogen and oxygen atoms in total. The zero-order valence-corrected chi connectivity index (χ0v) is 13.5. The lowest BCUT2D eigenvalue weighted by atomic mass is 9.94. The van der Waals surface area contributed by atoms with Crippen LogP contribution in [0.25, 0.3) is 0 Å². The fraction of sp³-hybridized carbons (Fsp3) is 0.800. The van der Waals surface area contributed by atoms with Gasteiger partial charge < -0.3 is 9.80 Å². The molecule has 1 aromatic heterocycles. The minimum atomic E-state index is 0.316. The van der Waals surface area contributed by atoms with E-state index < -0.39 is 0 Å². The second-order valence-electron chi connectivity index (χ2n) is 5.98. The molecule has 1 aliphatic heterocycles. The van der Waals surface area contributed by atoms with Crippen molar-refractivity contribution in [3.8, 4) is 0 Å².